The molecular formula is C31H32N2O3. The van der Waals surface area contributed by atoms with Crippen LogP contribution in [0.15, 0.2) is 60.7 Å². The normalized spacial score (nSPS) is 11.1. The predicted molar refractivity (Wildman–Crippen MR) is 146 cm³/mol. The van der Waals surface area contributed by atoms with Crippen molar-refractivity contribution in [1.29, 1.82) is 0 Å². The first kappa shape index (κ1) is 25.1. The number of pyridine rings is 1. The van der Waals surface area contributed by atoms with Crippen LogP contribution in [0.25, 0.3) is 22.2 Å². The predicted octanol–water partition coefficient (Wildman–Crippen LogP) is 7.20. The maximum atomic E-state index is 13.7. The lowest BCUT2D eigenvalue weighted by Gasteiger charge is -2.17. The Hall–Kier alpha value is -3.99. The molecule has 0 bridgehead atoms. The monoisotopic (exact) mass is 480 g/mol. The number of amides is 1. The van der Waals surface area contributed by atoms with Crippen molar-refractivity contribution in [2.45, 2.75) is 41.5 Å². The van der Waals surface area contributed by atoms with E-state index in [9.17, 15) is 9.59 Å². The molecule has 1 amide bonds. The number of fused-ring (bicyclic) bond motifs is 1. The number of carbonyl (C=O) groups is 2. The van der Waals surface area contributed by atoms with Gasteiger partial charge in [0.25, 0.3) is 5.91 Å². The van der Waals surface area contributed by atoms with Crippen molar-refractivity contribution >= 4 is 28.5 Å². The Morgan fingerprint density at radius 2 is 1.56 bits per heavy atom. The van der Waals surface area contributed by atoms with E-state index in [4.69, 9.17) is 9.72 Å². The Morgan fingerprint density at radius 1 is 0.889 bits per heavy atom. The third-order valence-corrected chi connectivity index (χ3v) is 6.15. The molecule has 36 heavy (non-hydrogen) atoms. The van der Waals surface area contributed by atoms with Crippen molar-refractivity contribution in [2.75, 3.05) is 11.9 Å². The highest BCUT2D eigenvalue weighted by Crippen LogP contribution is 2.32. The quantitative estimate of drug-likeness (QED) is 0.296. The molecule has 0 fully saturated rings. The first-order chi connectivity index (χ1) is 17.1. The summed E-state index contributed by atoms with van der Waals surface area (Å²) in [6, 6.07) is 19.1. The molecule has 5 nitrogen and oxygen atoms in total. The number of nitrogens with zero attached hydrogens (tertiary/aromatic N) is 1. The van der Waals surface area contributed by atoms with Crippen LogP contribution in [0.2, 0.25) is 0 Å². The topological polar surface area (TPSA) is 68.3 Å². The Morgan fingerprint density at radius 3 is 2.19 bits per heavy atom. The van der Waals surface area contributed by atoms with Crippen LogP contribution in [0.5, 0.6) is 0 Å². The summed E-state index contributed by atoms with van der Waals surface area (Å²) in [5.41, 5.74) is 8.32. The molecule has 1 aromatic heterocycles. The van der Waals surface area contributed by atoms with Gasteiger partial charge in [0.1, 0.15) is 0 Å². The van der Waals surface area contributed by atoms with Crippen molar-refractivity contribution in [1.82, 2.24) is 4.98 Å². The van der Waals surface area contributed by atoms with Crippen LogP contribution in [-0.2, 0) is 4.74 Å². The van der Waals surface area contributed by atoms with E-state index in [-0.39, 0.29) is 17.8 Å². The van der Waals surface area contributed by atoms with Crippen LogP contribution in [-0.4, -0.2) is 23.5 Å². The van der Waals surface area contributed by atoms with E-state index in [1.54, 1.807) is 24.3 Å². The zero-order valence-electron chi connectivity index (χ0n) is 21.7. The molecular weight excluding hydrogens is 448 g/mol. The SMILES string of the molecule is Cc1ccc(-c2nc3c(C)cc(C)cc3c(C(=O)Nc3ccc(C(=O)OCC(C)C)cc3)c2C)cc1. The number of esters is 1. The fourth-order valence-corrected chi connectivity index (χ4v) is 4.31. The summed E-state index contributed by atoms with van der Waals surface area (Å²) in [4.78, 5) is 30.9. The molecule has 1 N–H and O–H groups in total. The van der Waals surface area contributed by atoms with Crippen molar-refractivity contribution in [3.8, 4) is 11.3 Å². The van der Waals surface area contributed by atoms with Gasteiger partial charge in [-0.05, 0) is 75.1 Å². The van der Waals surface area contributed by atoms with Crippen LogP contribution in [0.3, 0.4) is 0 Å². The van der Waals surface area contributed by atoms with Gasteiger partial charge in [0, 0.05) is 16.6 Å². The molecule has 4 rings (SSSR count). The largest absolute Gasteiger partial charge is 0.462 e. The van der Waals surface area contributed by atoms with Gasteiger partial charge >= 0.3 is 5.97 Å². The zero-order chi connectivity index (χ0) is 26.0. The molecule has 5 heteroatoms. The number of rotatable bonds is 6. The molecule has 0 saturated carbocycles. The van der Waals surface area contributed by atoms with Crippen molar-refractivity contribution < 1.29 is 14.3 Å². The molecule has 1 heterocycles. The fourth-order valence-electron chi connectivity index (χ4n) is 4.31. The molecule has 0 radical (unpaired) electrons. The van der Waals surface area contributed by atoms with Crippen LogP contribution in [0.4, 0.5) is 5.69 Å². The van der Waals surface area contributed by atoms with E-state index in [0.29, 0.717) is 23.4 Å². The highest BCUT2D eigenvalue weighted by atomic mass is 16.5. The summed E-state index contributed by atoms with van der Waals surface area (Å²) in [6.45, 7) is 12.4. The lowest BCUT2D eigenvalue weighted by molar-refractivity contribution is 0.0459. The van der Waals surface area contributed by atoms with Gasteiger partial charge in [0.15, 0.2) is 0 Å². The van der Waals surface area contributed by atoms with Crippen molar-refractivity contribution in [3.63, 3.8) is 0 Å². The number of aryl methyl sites for hydroxylation is 3. The smallest absolute Gasteiger partial charge is 0.338 e. The highest BCUT2D eigenvalue weighted by Gasteiger charge is 2.21. The maximum Gasteiger partial charge on any atom is 0.338 e. The van der Waals surface area contributed by atoms with Gasteiger partial charge in [-0.15, -0.1) is 0 Å². The Kier molecular flexibility index (Phi) is 7.20. The van der Waals surface area contributed by atoms with Crippen LogP contribution in [0, 0.1) is 33.6 Å². The summed E-state index contributed by atoms with van der Waals surface area (Å²) < 4.78 is 5.30. The second kappa shape index (κ2) is 10.3. The van der Waals surface area contributed by atoms with Gasteiger partial charge in [-0.2, -0.15) is 0 Å². The van der Waals surface area contributed by atoms with E-state index in [0.717, 1.165) is 38.9 Å². The van der Waals surface area contributed by atoms with Gasteiger partial charge in [-0.3, -0.25) is 4.79 Å². The van der Waals surface area contributed by atoms with E-state index in [1.807, 2.05) is 59.7 Å². The first-order valence-electron chi connectivity index (χ1n) is 12.2. The number of hydrogen-bond donors (Lipinski definition) is 1. The lowest BCUT2D eigenvalue weighted by atomic mass is 9.94. The van der Waals surface area contributed by atoms with Crippen LogP contribution >= 0.6 is 0 Å². The lowest BCUT2D eigenvalue weighted by Crippen LogP contribution is -2.16. The van der Waals surface area contributed by atoms with E-state index >= 15 is 0 Å². The molecule has 184 valence electrons. The summed E-state index contributed by atoms with van der Waals surface area (Å²) in [5.74, 6) is -0.317. The van der Waals surface area contributed by atoms with E-state index in [2.05, 4.69) is 23.5 Å². The van der Waals surface area contributed by atoms with Gasteiger partial charge < -0.3 is 10.1 Å². The molecule has 0 aliphatic carbocycles. The Balaban J connectivity index is 1.72. The van der Waals surface area contributed by atoms with Crippen molar-refractivity contribution in [2.24, 2.45) is 5.92 Å². The first-order valence-corrected chi connectivity index (χ1v) is 12.2. The molecule has 0 aliphatic rings. The molecule has 3 aromatic carbocycles. The molecule has 0 spiro atoms. The zero-order valence-corrected chi connectivity index (χ0v) is 21.7. The second-order valence-corrected chi connectivity index (χ2v) is 9.83. The maximum absolute atomic E-state index is 13.7. The molecule has 0 saturated heterocycles. The number of anilines is 1. The second-order valence-electron chi connectivity index (χ2n) is 9.83. The van der Waals surface area contributed by atoms with Crippen LogP contribution in [0.1, 0.15) is 56.8 Å². The Bertz CT molecular complexity index is 1440. The van der Waals surface area contributed by atoms with Gasteiger partial charge in [0.2, 0.25) is 0 Å². The molecule has 4 aromatic rings. The van der Waals surface area contributed by atoms with Gasteiger partial charge in [0.05, 0.1) is 28.9 Å². The minimum absolute atomic E-state index is 0.214. The van der Waals surface area contributed by atoms with Gasteiger partial charge in [-0.1, -0.05) is 55.3 Å². The number of carbonyl (C=O) groups excluding carboxylic acids is 2. The average molecular weight is 481 g/mol. The molecule has 0 atom stereocenters. The highest BCUT2D eigenvalue weighted by molar-refractivity contribution is 6.15. The average Bonchev–Trinajstić information content (AvgIpc) is 2.83. The van der Waals surface area contributed by atoms with E-state index < -0.39 is 0 Å². The number of nitrogens with one attached hydrogen (secondary N) is 1. The third kappa shape index (κ3) is 5.30. The van der Waals surface area contributed by atoms with E-state index in [1.165, 1.54) is 5.56 Å². The Labute approximate surface area is 212 Å². The van der Waals surface area contributed by atoms with Crippen molar-refractivity contribution in [3.05, 3.63) is 94.0 Å². The van der Waals surface area contributed by atoms with Gasteiger partial charge in [-0.25, -0.2) is 9.78 Å². The van der Waals surface area contributed by atoms with Crippen LogP contribution < -0.4 is 5.32 Å². The molecule has 0 aliphatic heterocycles. The summed E-state index contributed by atoms with van der Waals surface area (Å²) in [7, 11) is 0. The summed E-state index contributed by atoms with van der Waals surface area (Å²) in [6.07, 6.45) is 0. The standard InChI is InChI=1S/C31H32N2O3/c1-18(2)17-36-31(35)24-11-13-25(14-12-24)32-30(34)27-22(6)29(23-9-7-19(3)8-10-23)33-28-21(5)15-20(4)16-26(27)28/h7-16,18H,17H2,1-6H3,(H,32,34). The minimum atomic E-state index is -0.369. The number of hydrogen-bond acceptors (Lipinski definition) is 4. The number of aromatic nitrogens is 1. The third-order valence-electron chi connectivity index (χ3n) is 6.15. The minimum Gasteiger partial charge on any atom is -0.462 e. The number of ether oxygens (including phenoxy) is 1. The fraction of sp³-hybridized carbons (Fsp3) is 0.258. The summed E-state index contributed by atoms with van der Waals surface area (Å²) in [5, 5.41) is 3.84. The number of benzene rings is 3. The summed E-state index contributed by atoms with van der Waals surface area (Å²) >= 11 is 0. The molecule has 0 unspecified atom stereocenters.